The predicted molar refractivity (Wildman–Crippen MR) is 129 cm³/mol. The van der Waals surface area contributed by atoms with Crippen molar-refractivity contribution in [2.75, 3.05) is 51.1 Å². The molecule has 10 nitrogen and oxygen atoms in total. The molecule has 10 heteroatoms. The predicted octanol–water partition coefficient (Wildman–Crippen LogP) is 1.01. The fourth-order valence-electron chi connectivity index (χ4n) is 4.60. The molecule has 2 aliphatic rings. The van der Waals surface area contributed by atoms with Crippen LogP contribution in [0.15, 0.2) is 41.0 Å². The van der Waals surface area contributed by atoms with Crippen molar-refractivity contribution in [1.29, 1.82) is 0 Å². The summed E-state index contributed by atoms with van der Waals surface area (Å²) in [6, 6.07) is 8.20. The van der Waals surface area contributed by atoms with E-state index >= 15 is 0 Å². The van der Waals surface area contributed by atoms with Gasteiger partial charge in [-0.25, -0.2) is 0 Å². The minimum Gasteiger partial charge on any atom is -0.459 e. The first-order chi connectivity index (χ1) is 16.8. The Morgan fingerprint density at radius 1 is 1.06 bits per heavy atom. The number of amides is 4. The van der Waals surface area contributed by atoms with Crippen molar-refractivity contribution >= 4 is 29.3 Å². The van der Waals surface area contributed by atoms with Crippen molar-refractivity contribution in [3.05, 3.63) is 53.5 Å². The zero-order chi connectivity index (χ0) is 24.9. The highest BCUT2D eigenvalue weighted by Crippen LogP contribution is 2.17. The molecule has 0 bridgehead atoms. The molecule has 0 saturated carbocycles. The first kappa shape index (κ1) is 24.5. The third-order valence-corrected chi connectivity index (χ3v) is 6.29. The van der Waals surface area contributed by atoms with Gasteiger partial charge < -0.3 is 24.9 Å². The van der Waals surface area contributed by atoms with Crippen molar-refractivity contribution in [3.8, 4) is 0 Å². The third-order valence-electron chi connectivity index (χ3n) is 6.29. The zero-order valence-electron chi connectivity index (χ0n) is 20.1. The topological polar surface area (TPSA) is 115 Å². The summed E-state index contributed by atoms with van der Waals surface area (Å²) < 4.78 is 5.19. The lowest BCUT2D eigenvalue weighted by Gasteiger charge is -2.38. The number of piperazine rings is 2. The largest absolute Gasteiger partial charge is 0.459 e. The number of carbonyl (C=O) groups excluding carboxylic acids is 4. The average molecular weight is 482 g/mol. The molecule has 2 fully saturated rings. The minimum atomic E-state index is -0.857. The van der Waals surface area contributed by atoms with Gasteiger partial charge in [0, 0.05) is 45.0 Å². The lowest BCUT2D eigenvalue weighted by molar-refractivity contribution is -0.145. The van der Waals surface area contributed by atoms with Crippen LogP contribution in [0.4, 0.5) is 5.69 Å². The second-order valence-corrected chi connectivity index (χ2v) is 9.07. The van der Waals surface area contributed by atoms with E-state index in [-0.39, 0.29) is 36.6 Å². The molecular weight excluding hydrogens is 450 g/mol. The van der Waals surface area contributed by atoms with Gasteiger partial charge in [-0.05, 0) is 49.2 Å². The number of furan rings is 1. The number of nitrogens with one attached hydrogen (secondary N) is 2. The highest BCUT2D eigenvalue weighted by atomic mass is 16.3. The number of hydrogen-bond donors (Lipinski definition) is 2. The van der Waals surface area contributed by atoms with E-state index in [4.69, 9.17) is 4.42 Å². The van der Waals surface area contributed by atoms with Gasteiger partial charge in [-0.1, -0.05) is 6.07 Å². The van der Waals surface area contributed by atoms with Crippen molar-refractivity contribution < 1.29 is 23.6 Å². The van der Waals surface area contributed by atoms with Crippen LogP contribution in [-0.4, -0.2) is 90.2 Å². The molecule has 2 N–H and O–H groups in total. The lowest BCUT2D eigenvalue weighted by atomic mass is 10.1. The number of rotatable bonds is 6. The van der Waals surface area contributed by atoms with E-state index in [0.717, 1.165) is 11.1 Å². The molecule has 1 atom stereocenters. The molecular formula is C25H31N5O5. The second kappa shape index (κ2) is 10.7. The fourth-order valence-corrected chi connectivity index (χ4v) is 4.60. The Kier molecular flexibility index (Phi) is 7.50. The Morgan fingerprint density at radius 2 is 1.77 bits per heavy atom. The van der Waals surface area contributed by atoms with Crippen LogP contribution in [0.2, 0.25) is 0 Å². The number of aryl methyl sites for hydroxylation is 2. The van der Waals surface area contributed by atoms with Gasteiger partial charge >= 0.3 is 0 Å². The maximum absolute atomic E-state index is 13.1. The van der Waals surface area contributed by atoms with Crippen LogP contribution in [0.5, 0.6) is 0 Å². The first-order valence-electron chi connectivity index (χ1n) is 11.8. The van der Waals surface area contributed by atoms with Crippen LogP contribution < -0.4 is 10.6 Å². The Hall–Kier alpha value is -3.66. The molecule has 0 aliphatic carbocycles. The molecule has 3 heterocycles. The summed E-state index contributed by atoms with van der Waals surface area (Å²) in [4.78, 5) is 56.0. The molecule has 35 heavy (non-hydrogen) atoms. The quantitative estimate of drug-likeness (QED) is 0.637. The molecule has 4 amide bonds. The van der Waals surface area contributed by atoms with Crippen molar-refractivity contribution in [1.82, 2.24) is 20.0 Å². The molecule has 2 saturated heterocycles. The SMILES string of the molecule is Cc1cc(C)cc(NC(=O)C[C@@H]2C(=O)NCCN2C(=O)CN2CCN(C(=O)c3ccco3)CC2)c1. The summed E-state index contributed by atoms with van der Waals surface area (Å²) in [6.07, 6.45) is 1.35. The molecule has 2 aromatic rings. The van der Waals surface area contributed by atoms with E-state index in [0.29, 0.717) is 50.7 Å². The summed E-state index contributed by atoms with van der Waals surface area (Å²) in [6.45, 7) is 6.77. The van der Waals surface area contributed by atoms with E-state index in [1.54, 1.807) is 17.0 Å². The number of hydrogen-bond acceptors (Lipinski definition) is 6. The van der Waals surface area contributed by atoms with Gasteiger partial charge in [-0.2, -0.15) is 0 Å². The molecule has 0 radical (unpaired) electrons. The van der Waals surface area contributed by atoms with Gasteiger partial charge in [0.2, 0.25) is 17.7 Å². The van der Waals surface area contributed by atoms with Gasteiger partial charge in [0.25, 0.3) is 5.91 Å². The van der Waals surface area contributed by atoms with Gasteiger partial charge in [0.15, 0.2) is 5.76 Å². The molecule has 1 aromatic heterocycles. The van der Waals surface area contributed by atoms with E-state index < -0.39 is 6.04 Å². The van der Waals surface area contributed by atoms with Gasteiger partial charge in [0.1, 0.15) is 6.04 Å². The first-order valence-corrected chi connectivity index (χ1v) is 11.8. The van der Waals surface area contributed by atoms with Crippen molar-refractivity contribution in [2.45, 2.75) is 26.3 Å². The Bertz CT molecular complexity index is 1070. The van der Waals surface area contributed by atoms with Crippen LogP contribution in [0, 0.1) is 13.8 Å². The van der Waals surface area contributed by atoms with Gasteiger partial charge in [0.05, 0.1) is 19.2 Å². The molecule has 0 spiro atoms. The summed E-state index contributed by atoms with van der Waals surface area (Å²) in [5.41, 5.74) is 2.72. The zero-order valence-corrected chi connectivity index (χ0v) is 20.1. The van der Waals surface area contributed by atoms with Crippen LogP contribution in [0.25, 0.3) is 0 Å². The highest BCUT2D eigenvalue weighted by Gasteiger charge is 2.35. The Labute approximate surface area is 204 Å². The maximum Gasteiger partial charge on any atom is 0.289 e. The maximum atomic E-state index is 13.1. The van der Waals surface area contributed by atoms with Gasteiger partial charge in [-0.3, -0.25) is 24.1 Å². The summed E-state index contributed by atoms with van der Waals surface area (Å²) >= 11 is 0. The number of nitrogens with zero attached hydrogens (tertiary/aromatic N) is 3. The van der Waals surface area contributed by atoms with Crippen LogP contribution in [-0.2, 0) is 14.4 Å². The summed E-state index contributed by atoms with van der Waals surface area (Å²) in [7, 11) is 0. The van der Waals surface area contributed by atoms with Crippen LogP contribution >= 0.6 is 0 Å². The fraction of sp³-hybridized carbons (Fsp3) is 0.440. The standard InChI is InChI=1S/C25H31N5O5/c1-17-12-18(2)14-19(13-17)27-22(31)15-20-24(33)26-5-6-30(20)23(32)16-28-7-9-29(10-8-28)25(34)21-4-3-11-35-21/h3-4,11-14,20H,5-10,15-16H2,1-2H3,(H,26,33)(H,27,31)/t20-/m1/s1. The van der Waals surface area contributed by atoms with Crippen molar-refractivity contribution in [3.63, 3.8) is 0 Å². The number of anilines is 1. The van der Waals surface area contributed by atoms with Gasteiger partial charge in [-0.15, -0.1) is 0 Å². The van der Waals surface area contributed by atoms with E-state index in [1.807, 2.05) is 36.9 Å². The van der Waals surface area contributed by atoms with E-state index in [1.165, 1.54) is 11.2 Å². The molecule has 4 rings (SSSR count). The Balaban J connectivity index is 1.32. The van der Waals surface area contributed by atoms with Crippen molar-refractivity contribution in [2.24, 2.45) is 0 Å². The number of carbonyl (C=O) groups is 4. The van der Waals surface area contributed by atoms with Crippen LogP contribution in [0.3, 0.4) is 0 Å². The monoisotopic (exact) mass is 481 g/mol. The smallest absolute Gasteiger partial charge is 0.289 e. The third kappa shape index (κ3) is 6.07. The molecule has 186 valence electrons. The summed E-state index contributed by atoms with van der Waals surface area (Å²) in [5, 5.41) is 5.61. The molecule has 0 unspecified atom stereocenters. The normalized spacial score (nSPS) is 18.8. The lowest BCUT2D eigenvalue weighted by Crippen LogP contribution is -2.60. The van der Waals surface area contributed by atoms with E-state index in [9.17, 15) is 19.2 Å². The Morgan fingerprint density at radius 3 is 2.43 bits per heavy atom. The molecule has 2 aliphatic heterocycles. The van der Waals surface area contributed by atoms with E-state index in [2.05, 4.69) is 10.6 Å². The number of benzene rings is 1. The second-order valence-electron chi connectivity index (χ2n) is 9.07. The molecule has 1 aromatic carbocycles. The van der Waals surface area contributed by atoms with Crippen LogP contribution in [0.1, 0.15) is 28.1 Å². The highest BCUT2D eigenvalue weighted by molar-refractivity contribution is 5.97. The minimum absolute atomic E-state index is 0.115. The average Bonchev–Trinajstić information content (AvgIpc) is 3.34. The summed E-state index contributed by atoms with van der Waals surface area (Å²) in [5.74, 6) is -0.705.